The minimum absolute atomic E-state index is 0.0791. The van der Waals surface area contributed by atoms with Crippen molar-refractivity contribution in [1.82, 2.24) is 0 Å². The van der Waals surface area contributed by atoms with Crippen molar-refractivity contribution in [2.75, 3.05) is 13.4 Å². The van der Waals surface area contributed by atoms with Crippen LogP contribution in [0.1, 0.15) is 29.3 Å². The predicted octanol–water partition coefficient (Wildman–Crippen LogP) is 1.61. The van der Waals surface area contributed by atoms with Crippen LogP contribution in [0.3, 0.4) is 0 Å². The predicted molar refractivity (Wildman–Crippen MR) is 64.5 cm³/mol. The van der Waals surface area contributed by atoms with Gasteiger partial charge in [-0.3, -0.25) is 4.79 Å². The maximum absolute atomic E-state index is 11.3. The summed E-state index contributed by atoms with van der Waals surface area (Å²) in [4.78, 5) is 22.5. The van der Waals surface area contributed by atoms with Crippen LogP contribution in [0.25, 0.3) is 0 Å². The number of carboxylic acid groups (broad SMARTS) is 1. The van der Waals surface area contributed by atoms with Gasteiger partial charge in [-0.05, 0) is 31.0 Å². The van der Waals surface area contributed by atoms with Gasteiger partial charge in [0.2, 0.25) is 6.79 Å². The smallest absolute Gasteiger partial charge is 0.336 e. The summed E-state index contributed by atoms with van der Waals surface area (Å²) >= 11 is 0. The average Bonchev–Trinajstić information content (AvgIpc) is 2.82. The van der Waals surface area contributed by atoms with Gasteiger partial charge in [-0.25, -0.2) is 4.79 Å². The Labute approximate surface area is 109 Å². The Hall–Kier alpha value is -2.24. The summed E-state index contributed by atoms with van der Waals surface area (Å²) in [5.74, 6) is -0.491. The second-order valence-electron chi connectivity index (χ2n) is 3.97. The number of hydrogen-bond acceptors (Lipinski definition) is 5. The molecule has 0 atom stereocenters. The molecule has 0 saturated heterocycles. The molecule has 0 radical (unpaired) electrons. The molecule has 0 bridgehead atoms. The SMILES string of the molecule is CCOC(=O)CCc1cc2c(cc1C(=O)O)OCO2. The Balaban J connectivity index is 2.18. The van der Waals surface area contributed by atoms with E-state index in [0.717, 1.165) is 0 Å². The van der Waals surface area contributed by atoms with Crippen LogP contribution in [-0.2, 0) is 16.0 Å². The van der Waals surface area contributed by atoms with Crippen molar-refractivity contribution in [3.05, 3.63) is 23.3 Å². The van der Waals surface area contributed by atoms with Crippen molar-refractivity contribution in [2.45, 2.75) is 19.8 Å². The number of carboxylic acids is 1. The summed E-state index contributed by atoms with van der Waals surface area (Å²) in [6.45, 7) is 2.11. The zero-order chi connectivity index (χ0) is 13.8. The first kappa shape index (κ1) is 13.2. The molecule has 0 aromatic heterocycles. The van der Waals surface area contributed by atoms with Gasteiger partial charge in [0, 0.05) is 6.42 Å². The van der Waals surface area contributed by atoms with Crippen LogP contribution in [0.4, 0.5) is 0 Å². The summed E-state index contributed by atoms with van der Waals surface area (Å²) in [6, 6.07) is 3.02. The van der Waals surface area contributed by atoms with Crippen LogP contribution in [0.2, 0.25) is 0 Å². The zero-order valence-electron chi connectivity index (χ0n) is 10.5. The van der Waals surface area contributed by atoms with Gasteiger partial charge in [0.15, 0.2) is 11.5 Å². The van der Waals surface area contributed by atoms with E-state index >= 15 is 0 Å². The third-order valence-corrected chi connectivity index (χ3v) is 2.73. The number of carbonyl (C=O) groups is 2. The number of aryl methyl sites for hydroxylation is 1. The van der Waals surface area contributed by atoms with Gasteiger partial charge in [-0.1, -0.05) is 0 Å². The number of carbonyl (C=O) groups excluding carboxylic acids is 1. The number of aromatic carboxylic acids is 1. The number of hydrogen-bond donors (Lipinski definition) is 1. The minimum atomic E-state index is -1.06. The molecule has 19 heavy (non-hydrogen) atoms. The summed E-state index contributed by atoms with van der Waals surface area (Å²) in [5.41, 5.74) is 0.651. The van der Waals surface area contributed by atoms with Crippen LogP contribution in [0.5, 0.6) is 11.5 Å². The van der Waals surface area contributed by atoms with Crippen molar-refractivity contribution < 1.29 is 28.9 Å². The Morgan fingerprint density at radius 2 is 2.00 bits per heavy atom. The maximum Gasteiger partial charge on any atom is 0.336 e. The molecule has 0 saturated carbocycles. The fourth-order valence-corrected chi connectivity index (χ4v) is 1.86. The summed E-state index contributed by atoms with van der Waals surface area (Å²) in [7, 11) is 0. The number of benzene rings is 1. The number of ether oxygens (including phenoxy) is 3. The van der Waals surface area contributed by atoms with Gasteiger partial charge < -0.3 is 19.3 Å². The molecule has 6 nitrogen and oxygen atoms in total. The number of esters is 1. The number of rotatable bonds is 5. The molecule has 0 fully saturated rings. The zero-order valence-corrected chi connectivity index (χ0v) is 10.5. The highest BCUT2D eigenvalue weighted by atomic mass is 16.7. The molecule has 1 N–H and O–H groups in total. The molecule has 0 amide bonds. The normalized spacial score (nSPS) is 12.3. The van der Waals surface area contributed by atoms with Crippen LogP contribution in [0, 0.1) is 0 Å². The summed E-state index contributed by atoms with van der Waals surface area (Å²) < 4.78 is 15.1. The van der Waals surface area contributed by atoms with E-state index in [1.807, 2.05) is 0 Å². The topological polar surface area (TPSA) is 82.1 Å². The highest BCUT2D eigenvalue weighted by Crippen LogP contribution is 2.35. The van der Waals surface area contributed by atoms with E-state index in [0.29, 0.717) is 23.7 Å². The highest BCUT2D eigenvalue weighted by Gasteiger charge is 2.20. The Bertz CT molecular complexity index is 508. The lowest BCUT2D eigenvalue weighted by atomic mass is 10.0. The fraction of sp³-hybridized carbons (Fsp3) is 0.385. The van der Waals surface area contributed by atoms with Crippen molar-refractivity contribution in [3.63, 3.8) is 0 Å². The van der Waals surface area contributed by atoms with Crippen molar-refractivity contribution in [3.8, 4) is 11.5 Å². The number of fused-ring (bicyclic) bond motifs is 1. The average molecular weight is 266 g/mol. The van der Waals surface area contributed by atoms with E-state index < -0.39 is 5.97 Å². The standard InChI is InChI=1S/C13H14O6/c1-2-17-12(14)4-3-8-5-10-11(19-7-18-10)6-9(8)13(15)16/h5-6H,2-4,7H2,1H3,(H,15,16). The van der Waals surface area contributed by atoms with Crippen LogP contribution < -0.4 is 9.47 Å². The van der Waals surface area contributed by atoms with Gasteiger partial charge in [-0.2, -0.15) is 0 Å². The van der Waals surface area contributed by atoms with E-state index in [1.54, 1.807) is 13.0 Å². The van der Waals surface area contributed by atoms with Gasteiger partial charge in [0.05, 0.1) is 12.2 Å². The van der Waals surface area contributed by atoms with Crippen LogP contribution in [0.15, 0.2) is 12.1 Å². The van der Waals surface area contributed by atoms with Crippen molar-refractivity contribution in [1.29, 1.82) is 0 Å². The molecule has 1 aliphatic heterocycles. The maximum atomic E-state index is 11.3. The molecule has 102 valence electrons. The molecule has 6 heteroatoms. The van der Waals surface area contributed by atoms with Crippen LogP contribution in [-0.4, -0.2) is 30.4 Å². The minimum Gasteiger partial charge on any atom is -0.478 e. The summed E-state index contributed by atoms with van der Waals surface area (Å²) in [6.07, 6.45) is 0.421. The molecule has 2 rings (SSSR count). The first-order valence-corrected chi connectivity index (χ1v) is 5.93. The van der Waals surface area contributed by atoms with Gasteiger partial charge in [-0.15, -0.1) is 0 Å². The Morgan fingerprint density at radius 1 is 1.32 bits per heavy atom. The largest absolute Gasteiger partial charge is 0.478 e. The van der Waals surface area contributed by atoms with Crippen LogP contribution >= 0.6 is 0 Å². The Kier molecular flexibility index (Phi) is 3.89. The fourth-order valence-electron chi connectivity index (χ4n) is 1.86. The molecule has 1 heterocycles. The quantitative estimate of drug-likeness (QED) is 0.815. The molecule has 1 aliphatic rings. The Morgan fingerprint density at radius 3 is 2.63 bits per heavy atom. The molecule has 0 aliphatic carbocycles. The van der Waals surface area contributed by atoms with E-state index in [1.165, 1.54) is 6.07 Å². The molecular formula is C13H14O6. The molecule has 0 unspecified atom stereocenters. The second kappa shape index (κ2) is 5.60. The highest BCUT2D eigenvalue weighted by molar-refractivity contribution is 5.90. The van der Waals surface area contributed by atoms with Gasteiger partial charge >= 0.3 is 11.9 Å². The van der Waals surface area contributed by atoms with E-state index in [2.05, 4.69) is 0 Å². The molecule has 0 spiro atoms. The van der Waals surface area contributed by atoms with E-state index in [-0.39, 0.29) is 31.2 Å². The third kappa shape index (κ3) is 2.96. The lowest BCUT2D eigenvalue weighted by molar-refractivity contribution is -0.143. The molecule has 1 aromatic rings. The summed E-state index contributed by atoms with van der Waals surface area (Å²) in [5, 5.41) is 9.15. The van der Waals surface area contributed by atoms with E-state index in [9.17, 15) is 9.59 Å². The van der Waals surface area contributed by atoms with Crippen molar-refractivity contribution in [2.24, 2.45) is 0 Å². The molecular weight excluding hydrogens is 252 g/mol. The van der Waals surface area contributed by atoms with Gasteiger partial charge in [0.25, 0.3) is 0 Å². The third-order valence-electron chi connectivity index (χ3n) is 2.73. The first-order chi connectivity index (χ1) is 9.11. The second-order valence-corrected chi connectivity index (χ2v) is 3.97. The molecule has 1 aromatic carbocycles. The first-order valence-electron chi connectivity index (χ1n) is 5.93. The lowest BCUT2D eigenvalue weighted by Crippen LogP contribution is -2.08. The monoisotopic (exact) mass is 266 g/mol. The van der Waals surface area contributed by atoms with Gasteiger partial charge in [0.1, 0.15) is 0 Å². The van der Waals surface area contributed by atoms with Crippen molar-refractivity contribution >= 4 is 11.9 Å². The van der Waals surface area contributed by atoms with E-state index in [4.69, 9.17) is 19.3 Å². The lowest BCUT2D eigenvalue weighted by Gasteiger charge is -2.07.